The Morgan fingerprint density at radius 1 is 1.17 bits per heavy atom. The molecule has 0 heterocycles. The molecule has 1 aromatic rings. The number of rotatable bonds is 7. The predicted molar refractivity (Wildman–Crippen MR) is 75.5 cm³/mol. The number of benzene rings is 1. The van der Waals surface area contributed by atoms with E-state index in [2.05, 4.69) is 50.4 Å². The molecular formula is C16H25NO. The zero-order valence-corrected chi connectivity index (χ0v) is 11.8. The zero-order valence-electron chi connectivity index (χ0n) is 11.8. The molecule has 1 saturated carbocycles. The van der Waals surface area contributed by atoms with Crippen LogP contribution in [0.3, 0.4) is 0 Å². The average molecular weight is 247 g/mol. The summed E-state index contributed by atoms with van der Waals surface area (Å²) in [5.41, 5.74) is 2.60. The van der Waals surface area contributed by atoms with Crippen LogP contribution < -0.4 is 5.32 Å². The van der Waals surface area contributed by atoms with Gasteiger partial charge in [0, 0.05) is 12.6 Å². The van der Waals surface area contributed by atoms with E-state index in [9.17, 15) is 0 Å². The molecule has 1 fully saturated rings. The lowest BCUT2D eigenvalue weighted by molar-refractivity contribution is -0.0316. The van der Waals surface area contributed by atoms with Gasteiger partial charge >= 0.3 is 0 Å². The SMILES string of the molecule is CCC(C)(C)OCc1ccc(CNC2CC2)cc1. The molecular weight excluding hydrogens is 222 g/mol. The van der Waals surface area contributed by atoms with Crippen molar-refractivity contribution < 1.29 is 4.74 Å². The van der Waals surface area contributed by atoms with Crippen LogP contribution >= 0.6 is 0 Å². The van der Waals surface area contributed by atoms with Gasteiger partial charge in [0.1, 0.15) is 0 Å². The molecule has 0 amide bonds. The highest BCUT2D eigenvalue weighted by Crippen LogP contribution is 2.20. The van der Waals surface area contributed by atoms with Crippen LogP contribution in [0.4, 0.5) is 0 Å². The van der Waals surface area contributed by atoms with Crippen LogP contribution in [-0.2, 0) is 17.9 Å². The molecule has 0 aliphatic heterocycles. The Labute approximate surface area is 111 Å². The van der Waals surface area contributed by atoms with Crippen molar-refractivity contribution in [2.45, 2.75) is 64.8 Å². The smallest absolute Gasteiger partial charge is 0.0724 e. The molecule has 2 nitrogen and oxygen atoms in total. The van der Waals surface area contributed by atoms with Crippen LogP contribution in [-0.4, -0.2) is 11.6 Å². The number of hydrogen-bond acceptors (Lipinski definition) is 2. The molecule has 0 bridgehead atoms. The van der Waals surface area contributed by atoms with Gasteiger partial charge in [-0.3, -0.25) is 0 Å². The minimum absolute atomic E-state index is 0.0216. The Balaban J connectivity index is 1.79. The largest absolute Gasteiger partial charge is 0.371 e. The molecule has 0 radical (unpaired) electrons. The van der Waals surface area contributed by atoms with Crippen LogP contribution in [0.5, 0.6) is 0 Å². The van der Waals surface area contributed by atoms with Crippen molar-refractivity contribution in [1.29, 1.82) is 0 Å². The number of nitrogens with one attached hydrogen (secondary N) is 1. The molecule has 2 rings (SSSR count). The standard InChI is InChI=1S/C16H25NO/c1-4-16(2,3)18-12-14-7-5-13(6-8-14)11-17-15-9-10-15/h5-8,15,17H,4,9-12H2,1-3H3. The zero-order chi connectivity index (χ0) is 13.0. The first-order valence-electron chi connectivity index (χ1n) is 7.04. The van der Waals surface area contributed by atoms with Crippen molar-refractivity contribution in [2.75, 3.05) is 0 Å². The molecule has 0 unspecified atom stereocenters. The van der Waals surface area contributed by atoms with Crippen molar-refractivity contribution in [2.24, 2.45) is 0 Å². The molecule has 0 saturated heterocycles. The van der Waals surface area contributed by atoms with Gasteiger partial charge in [-0.15, -0.1) is 0 Å². The van der Waals surface area contributed by atoms with E-state index < -0.39 is 0 Å². The minimum atomic E-state index is -0.0216. The maximum absolute atomic E-state index is 5.90. The van der Waals surface area contributed by atoms with E-state index in [1.807, 2.05) is 0 Å². The third-order valence-electron chi connectivity index (χ3n) is 3.68. The van der Waals surface area contributed by atoms with Gasteiger partial charge in [-0.05, 0) is 44.2 Å². The van der Waals surface area contributed by atoms with Crippen LogP contribution in [0.2, 0.25) is 0 Å². The molecule has 2 heteroatoms. The summed E-state index contributed by atoms with van der Waals surface area (Å²) in [4.78, 5) is 0. The summed E-state index contributed by atoms with van der Waals surface area (Å²) in [5.74, 6) is 0. The summed E-state index contributed by atoms with van der Waals surface area (Å²) in [7, 11) is 0. The van der Waals surface area contributed by atoms with E-state index in [-0.39, 0.29) is 5.60 Å². The highest BCUT2D eigenvalue weighted by molar-refractivity contribution is 5.22. The maximum atomic E-state index is 5.90. The second kappa shape index (κ2) is 5.85. The first-order chi connectivity index (χ1) is 8.59. The summed E-state index contributed by atoms with van der Waals surface area (Å²) in [6.07, 6.45) is 3.73. The fraction of sp³-hybridized carbons (Fsp3) is 0.625. The van der Waals surface area contributed by atoms with Crippen LogP contribution in [0.15, 0.2) is 24.3 Å². The van der Waals surface area contributed by atoms with Crippen LogP contribution in [0.25, 0.3) is 0 Å². The molecule has 18 heavy (non-hydrogen) atoms. The second-order valence-corrected chi connectivity index (χ2v) is 5.87. The molecule has 1 aliphatic carbocycles. The monoisotopic (exact) mass is 247 g/mol. The van der Waals surface area contributed by atoms with Gasteiger partial charge in [0.05, 0.1) is 12.2 Å². The van der Waals surface area contributed by atoms with E-state index in [4.69, 9.17) is 4.74 Å². The topological polar surface area (TPSA) is 21.3 Å². The highest BCUT2D eigenvalue weighted by atomic mass is 16.5. The molecule has 0 atom stereocenters. The van der Waals surface area contributed by atoms with Gasteiger partial charge in [0.25, 0.3) is 0 Å². The Kier molecular flexibility index (Phi) is 4.41. The summed E-state index contributed by atoms with van der Waals surface area (Å²) in [5, 5.41) is 3.53. The molecule has 0 aromatic heterocycles. The van der Waals surface area contributed by atoms with E-state index in [0.717, 1.165) is 19.0 Å². The Hall–Kier alpha value is -0.860. The lowest BCUT2D eigenvalue weighted by Gasteiger charge is -2.23. The first-order valence-corrected chi connectivity index (χ1v) is 7.04. The van der Waals surface area contributed by atoms with Crippen molar-refractivity contribution >= 4 is 0 Å². The van der Waals surface area contributed by atoms with Gasteiger partial charge in [-0.1, -0.05) is 31.2 Å². The lowest BCUT2D eigenvalue weighted by Crippen LogP contribution is -2.22. The number of ether oxygens (including phenoxy) is 1. The Morgan fingerprint density at radius 3 is 2.33 bits per heavy atom. The van der Waals surface area contributed by atoms with Crippen LogP contribution in [0, 0.1) is 0 Å². The van der Waals surface area contributed by atoms with E-state index in [1.54, 1.807) is 0 Å². The van der Waals surface area contributed by atoms with Gasteiger partial charge in [0.2, 0.25) is 0 Å². The van der Waals surface area contributed by atoms with Crippen molar-refractivity contribution in [1.82, 2.24) is 5.32 Å². The predicted octanol–water partition coefficient (Wildman–Crippen LogP) is 3.64. The normalized spacial score (nSPS) is 15.9. The van der Waals surface area contributed by atoms with Gasteiger partial charge in [-0.2, -0.15) is 0 Å². The molecule has 1 aliphatic rings. The molecule has 100 valence electrons. The highest BCUT2D eigenvalue weighted by Gasteiger charge is 2.19. The Morgan fingerprint density at radius 2 is 1.78 bits per heavy atom. The molecule has 1 aromatic carbocycles. The van der Waals surface area contributed by atoms with Crippen molar-refractivity contribution in [3.8, 4) is 0 Å². The summed E-state index contributed by atoms with van der Waals surface area (Å²) >= 11 is 0. The average Bonchev–Trinajstić information content (AvgIpc) is 3.19. The fourth-order valence-electron chi connectivity index (χ4n) is 1.68. The molecule has 0 spiro atoms. The second-order valence-electron chi connectivity index (χ2n) is 5.87. The quantitative estimate of drug-likeness (QED) is 0.794. The number of hydrogen-bond donors (Lipinski definition) is 1. The van der Waals surface area contributed by atoms with Gasteiger partial charge < -0.3 is 10.1 Å². The van der Waals surface area contributed by atoms with E-state index >= 15 is 0 Å². The molecule has 1 N–H and O–H groups in total. The third kappa shape index (κ3) is 4.43. The summed E-state index contributed by atoms with van der Waals surface area (Å²) < 4.78 is 5.90. The van der Waals surface area contributed by atoms with Gasteiger partial charge in [-0.25, -0.2) is 0 Å². The minimum Gasteiger partial charge on any atom is -0.371 e. The van der Waals surface area contributed by atoms with Crippen molar-refractivity contribution in [3.63, 3.8) is 0 Å². The summed E-state index contributed by atoms with van der Waals surface area (Å²) in [6, 6.07) is 9.53. The van der Waals surface area contributed by atoms with Crippen LogP contribution in [0.1, 0.15) is 51.2 Å². The maximum Gasteiger partial charge on any atom is 0.0724 e. The summed E-state index contributed by atoms with van der Waals surface area (Å²) in [6.45, 7) is 8.14. The Bertz CT molecular complexity index is 365. The van der Waals surface area contributed by atoms with E-state index in [0.29, 0.717) is 6.61 Å². The fourth-order valence-corrected chi connectivity index (χ4v) is 1.68. The third-order valence-corrected chi connectivity index (χ3v) is 3.68. The van der Waals surface area contributed by atoms with Crippen molar-refractivity contribution in [3.05, 3.63) is 35.4 Å². The van der Waals surface area contributed by atoms with Gasteiger partial charge in [0.15, 0.2) is 0 Å². The van der Waals surface area contributed by atoms with E-state index in [1.165, 1.54) is 24.0 Å². The first kappa shape index (κ1) is 13.6. The lowest BCUT2D eigenvalue weighted by atomic mass is 10.1.